The molecule has 0 saturated heterocycles. The second kappa shape index (κ2) is 7.88. The van der Waals surface area contributed by atoms with E-state index in [-0.39, 0.29) is 0 Å². The number of imidazole rings is 1. The first kappa shape index (κ1) is 17.8. The van der Waals surface area contributed by atoms with Crippen LogP contribution in [0, 0.1) is 6.92 Å². The second-order valence-corrected chi connectivity index (χ2v) is 5.65. The van der Waals surface area contributed by atoms with Gasteiger partial charge in [-0.15, -0.1) is 5.10 Å². The van der Waals surface area contributed by atoms with Crippen LogP contribution in [-0.4, -0.2) is 34.9 Å². The van der Waals surface area contributed by atoms with Gasteiger partial charge in [0.1, 0.15) is 17.2 Å². The molecule has 2 N–H and O–H groups in total. The first-order valence-electron chi connectivity index (χ1n) is 8.33. The standard InChI is InChI=1S/C19H22N4O3/c1-4-15(24-3)10-14-11-17(26-13(14)2)16-12-21-18-6-7-19(22-23(16)18)25-9-5-8-20/h4,6-7,10-12H,1,5,8-9,20H2,2-3H3/b15-10+. The minimum absolute atomic E-state index is 0.516. The average Bonchev–Trinajstić information content (AvgIpc) is 3.22. The SMILES string of the molecule is C=C/C(=C\c1cc(-c2cnc3ccc(OCCCN)nn23)oc1C)OC. The highest BCUT2D eigenvalue weighted by molar-refractivity contribution is 5.65. The third-order valence-corrected chi connectivity index (χ3v) is 3.88. The van der Waals surface area contributed by atoms with Gasteiger partial charge in [0, 0.05) is 11.6 Å². The number of nitrogens with zero attached hydrogens (tertiary/aromatic N) is 3. The molecule has 7 nitrogen and oxygen atoms in total. The van der Waals surface area contributed by atoms with Crippen LogP contribution in [0.5, 0.6) is 5.88 Å². The lowest BCUT2D eigenvalue weighted by molar-refractivity contribution is 0.297. The van der Waals surface area contributed by atoms with Crippen molar-refractivity contribution in [3.05, 3.63) is 54.1 Å². The summed E-state index contributed by atoms with van der Waals surface area (Å²) in [7, 11) is 1.60. The van der Waals surface area contributed by atoms with Crippen LogP contribution in [0.2, 0.25) is 0 Å². The molecule has 136 valence electrons. The van der Waals surface area contributed by atoms with Gasteiger partial charge in [0.25, 0.3) is 0 Å². The number of methoxy groups -OCH3 is 1. The van der Waals surface area contributed by atoms with E-state index in [0.29, 0.717) is 36.2 Å². The van der Waals surface area contributed by atoms with Gasteiger partial charge in [0.15, 0.2) is 11.4 Å². The van der Waals surface area contributed by atoms with E-state index in [0.717, 1.165) is 23.4 Å². The summed E-state index contributed by atoms with van der Waals surface area (Å²) in [5.41, 5.74) is 7.84. The zero-order valence-electron chi connectivity index (χ0n) is 14.9. The third-order valence-electron chi connectivity index (χ3n) is 3.88. The first-order valence-corrected chi connectivity index (χ1v) is 8.33. The van der Waals surface area contributed by atoms with E-state index in [1.807, 2.05) is 25.1 Å². The van der Waals surface area contributed by atoms with Crippen molar-refractivity contribution in [2.75, 3.05) is 20.3 Å². The summed E-state index contributed by atoms with van der Waals surface area (Å²) < 4.78 is 18.5. The molecule has 0 unspecified atom stereocenters. The molecule has 0 bridgehead atoms. The van der Waals surface area contributed by atoms with Crippen molar-refractivity contribution in [2.24, 2.45) is 5.73 Å². The number of hydrogen-bond donors (Lipinski definition) is 1. The highest BCUT2D eigenvalue weighted by Crippen LogP contribution is 2.28. The highest BCUT2D eigenvalue weighted by Gasteiger charge is 2.14. The fourth-order valence-corrected chi connectivity index (χ4v) is 2.48. The Morgan fingerprint density at radius 3 is 3.00 bits per heavy atom. The van der Waals surface area contributed by atoms with Gasteiger partial charge in [0.2, 0.25) is 5.88 Å². The lowest BCUT2D eigenvalue weighted by Crippen LogP contribution is -2.07. The Bertz CT molecular complexity index is 940. The smallest absolute Gasteiger partial charge is 0.231 e. The number of nitrogens with two attached hydrogens (primary N) is 1. The molecular weight excluding hydrogens is 332 g/mol. The van der Waals surface area contributed by atoms with Crippen LogP contribution in [0.3, 0.4) is 0 Å². The Balaban J connectivity index is 1.96. The van der Waals surface area contributed by atoms with Gasteiger partial charge in [-0.25, -0.2) is 9.50 Å². The third kappa shape index (κ3) is 3.62. The number of hydrogen-bond acceptors (Lipinski definition) is 6. The quantitative estimate of drug-likeness (QED) is 0.380. The number of rotatable bonds is 8. The fourth-order valence-electron chi connectivity index (χ4n) is 2.48. The first-order chi connectivity index (χ1) is 12.7. The van der Waals surface area contributed by atoms with E-state index >= 15 is 0 Å². The Morgan fingerprint density at radius 1 is 1.42 bits per heavy atom. The van der Waals surface area contributed by atoms with Crippen LogP contribution in [0.25, 0.3) is 23.2 Å². The topological polar surface area (TPSA) is 87.8 Å². The van der Waals surface area contributed by atoms with Crippen LogP contribution < -0.4 is 10.5 Å². The Hall–Kier alpha value is -3.06. The van der Waals surface area contributed by atoms with Gasteiger partial charge < -0.3 is 19.6 Å². The van der Waals surface area contributed by atoms with E-state index in [4.69, 9.17) is 19.6 Å². The van der Waals surface area contributed by atoms with E-state index in [2.05, 4.69) is 16.7 Å². The molecule has 0 atom stereocenters. The summed E-state index contributed by atoms with van der Waals surface area (Å²) in [6, 6.07) is 5.57. The maximum atomic E-state index is 5.90. The number of fused-ring (bicyclic) bond motifs is 1. The number of aromatic nitrogens is 3. The molecule has 26 heavy (non-hydrogen) atoms. The van der Waals surface area contributed by atoms with E-state index in [1.54, 1.807) is 30.0 Å². The molecular formula is C19H22N4O3. The lowest BCUT2D eigenvalue weighted by Gasteiger charge is -2.05. The van der Waals surface area contributed by atoms with Crippen molar-refractivity contribution in [3.63, 3.8) is 0 Å². The van der Waals surface area contributed by atoms with Crippen molar-refractivity contribution in [1.29, 1.82) is 0 Å². The largest absolute Gasteiger partial charge is 0.497 e. The molecule has 0 spiro atoms. The van der Waals surface area contributed by atoms with Crippen molar-refractivity contribution in [1.82, 2.24) is 14.6 Å². The Kier molecular flexibility index (Phi) is 5.38. The van der Waals surface area contributed by atoms with Gasteiger partial charge in [-0.1, -0.05) is 6.58 Å². The number of allylic oxidation sites excluding steroid dienone is 1. The normalized spacial score (nSPS) is 11.7. The molecule has 0 aromatic carbocycles. The maximum absolute atomic E-state index is 5.90. The maximum Gasteiger partial charge on any atom is 0.231 e. The zero-order valence-corrected chi connectivity index (χ0v) is 14.9. The van der Waals surface area contributed by atoms with Gasteiger partial charge in [-0.05, 0) is 44.2 Å². The summed E-state index contributed by atoms with van der Waals surface area (Å²) in [6.07, 6.45) is 6.01. The summed E-state index contributed by atoms with van der Waals surface area (Å²) in [5, 5.41) is 4.49. The van der Waals surface area contributed by atoms with Crippen LogP contribution >= 0.6 is 0 Å². The molecule has 0 fully saturated rings. The molecule has 3 aromatic heterocycles. The van der Waals surface area contributed by atoms with Crippen molar-refractivity contribution < 1.29 is 13.9 Å². The lowest BCUT2D eigenvalue weighted by atomic mass is 10.2. The van der Waals surface area contributed by atoms with Crippen LogP contribution in [0.4, 0.5) is 0 Å². The fraction of sp³-hybridized carbons (Fsp3) is 0.263. The molecule has 3 heterocycles. The van der Waals surface area contributed by atoms with E-state index in [1.165, 1.54) is 0 Å². The molecule has 0 aliphatic heterocycles. The molecule has 7 heteroatoms. The number of aryl methyl sites for hydroxylation is 1. The predicted octanol–water partition coefficient (Wildman–Crippen LogP) is 3.20. The van der Waals surface area contributed by atoms with Gasteiger partial charge in [-0.2, -0.15) is 0 Å². The van der Waals surface area contributed by atoms with Crippen LogP contribution in [0.15, 0.2) is 47.2 Å². The van der Waals surface area contributed by atoms with Crippen LogP contribution in [-0.2, 0) is 4.74 Å². The van der Waals surface area contributed by atoms with Crippen LogP contribution in [0.1, 0.15) is 17.7 Å². The highest BCUT2D eigenvalue weighted by atomic mass is 16.5. The summed E-state index contributed by atoms with van der Waals surface area (Å²) in [4.78, 5) is 4.37. The molecule has 3 aromatic rings. The second-order valence-electron chi connectivity index (χ2n) is 5.65. The molecule has 3 rings (SSSR count). The number of furan rings is 1. The van der Waals surface area contributed by atoms with Crippen molar-refractivity contribution in [3.8, 4) is 17.3 Å². The molecule has 0 amide bonds. The molecule has 0 aliphatic carbocycles. The van der Waals surface area contributed by atoms with Crippen molar-refractivity contribution in [2.45, 2.75) is 13.3 Å². The Labute approximate surface area is 151 Å². The van der Waals surface area contributed by atoms with Gasteiger partial charge in [0.05, 0.1) is 19.9 Å². The monoisotopic (exact) mass is 354 g/mol. The van der Waals surface area contributed by atoms with E-state index in [9.17, 15) is 0 Å². The number of ether oxygens (including phenoxy) is 2. The minimum atomic E-state index is 0.516. The van der Waals surface area contributed by atoms with E-state index < -0.39 is 0 Å². The summed E-state index contributed by atoms with van der Waals surface area (Å²) in [6.45, 7) is 6.72. The summed E-state index contributed by atoms with van der Waals surface area (Å²) >= 11 is 0. The molecule has 0 radical (unpaired) electrons. The average molecular weight is 354 g/mol. The summed E-state index contributed by atoms with van der Waals surface area (Å²) in [5.74, 6) is 2.60. The molecule has 0 aliphatic rings. The zero-order chi connectivity index (χ0) is 18.5. The Morgan fingerprint density at radius 2 is 2.27 bits per heavy atom. The minimum Gasteiger partial charge on any atom is -0.497 e. The van der Waals surface area contributed by atoms with Crippen molar-refractivity contribution >= 4 is 11.7 Å². The molecule has 0 saturated carbocycles. The van der Waals surface area contributed by atoms with Gasteiger partial charge >= 0.3 is 0 Å². The predicted molar refractivity (Wildman–Crippen MR) is 99.8 cm³/mol. The van der Waals surface area contributed by atoms with Gasteiger partial charge in [-0.3, -0.25) is 0 Å².